The molecule has 1 aliphatic rings. The summed E-state index contributed by atoms with van der Waals surface area (Å²) >= 11 is 0. The lowest BCUT2D eigenvalue weighted by Crippen LogP contribution is -2.39. The number of nitrogens with one attached hydrogen (secondary N) is 2. The van der Waals surface area contributed by atoms with E-state index in [4.69, 9.17) is 4.74 Å². The fourth-order valence-corrected chi connectivity index (χ4v) is 1.86. The zero-order chi connectivity index (χ0) is 12.3. The topological polar surface area (TPSA) is 63.2 Å². The molecule has 1 saturated heterocycles. The van der Waals surface area contributed by atoms with Crippen molar-refractivity contribution in [3.63, 3.8) is 0 Å². The summed E-state index contributed by atoms with van der Waals surface area (Å²) in [5, 5.41) is 5.85. The zero-order valence-corrected chi connectivity index (χ0v) is 10.1. The van der Waals surface area contributed by atoms with E-state index < -0.39 is 0 Å². The van der Waals surface area contributed by atoms with Gasteiger partial charge in [-0.15, -0.1) is 0 Å². The van der Waals surface area contributed by atoms with Crippen LogP contribution in [0.4, 0.5) is 5.82 Å². The number of carbonyl (C=O) groups is 1. The molecule has 0 aromatic carbocycles. The van der Waals surface area contributed by atoms with Gasteiger partial charge in [0.05, 0.1) is 12.1 Å². The molecule has 1 aliphatic heterocycles. The van der Waals surface area contributed by atoms with Crippen molar-refractivity contribution in [2.45, 2.75) is 25.5 Å². The molecule has 5 nitrogen and oxygen atoms in total. The van der Waals surface area contributed by atoms with Crippen LogP contribution in [0.25, 0.3) is 0 Å². The Kier molecular flexibility index (Phi) is 3.58. The van der Waals surface area contributed by atoms with Crippen LogP contribution in [0.1, 0.15) is 23.8 Å². The van der Waals surface area contributed by atoms with Crippen molar-refractivity contribution >= 4 is 11.7 Å². The van der Waals surface area contributed by atoms with Gasteiger partial charge in [-0.05, 0) is 25.5 Å². The van der Waals surface area contributed by atoms with Gasteiger partial charge in [0.15, 0.2) is 0 Å². The molecule has 0 spiro atoms. The standard InChI is InChI=1S/C12H17N3O2/c1-8-9(6-7-17-8)15-12(16)10-4-3-5-11(13-2)14-10/h3-5,8-9H,6-7H2,1-2H3,(H,13,14)(H,15,16). The first kappa shape index (κ1) is 11.9. The summed E-state index contributed by atoms with van der Waals surface area (Å²) in [5.41, 5.74) is 0.427. The number of hydrogen-bond donors (Lipinski definition) is 2. The van der Waals surface area contributed by atoms with Gasteiger partial charge < -0.3 is 15.4 Å². The predicted octanol–water partition coefficient (Wildman–Crippen LogP) is 1.03. The SMILES string of the molecule is CNc1cccc(C(=O)NC2CCOC2C)n1. The number of hydrogen-bond acceptors (Lipinski definition) is 4. The molecule has 0 saturated carbocycles. The fraction of sp³-hybridized carbons (Fsp3) is 0.500. The van der Waals surface area contributed by atoms with Gasteiger partial charge in [0, 0.05) is 13.7 Å². The second kappa shape index (κ2) is 5.14. The molecule has 0 aliphatic carbocycles. The summed E-state index contributed by atoms with van der Waals surface area (Å²) in [6, 6.07) is 5.42. The lowest BCUT2D eigenvalue weighted by Gasteiger charge is -2.15. The summed E-state index contributed by atoms with van der Waals surface area (Å²) < 4.78 is 5.40. The van der Waals surface area contributed by atoms with Crippen molar-refractivity contribution in [2.24, 2.45) is 0 Å². The van der Waals surface area contributed by atoms with E-state index in [1.54, 1.807) is 13.1 Å². The van der Waals surface area contributed by atoms with E-state index in [0.29, 0.717) is 18.1 Å². The molecule has 2 N–H and O–H groups in total. The number of aromatic nitrogens is 1. The predicted molar refractivity (Wildman–Crippen MR) is 65.1 cm³/mol. The molecule has 1 aromatic heterocycles. The maximum atomic E-state index is 12.0. The van der Waals surface area contributed by atoms with Gasteiger partial charge in [-0.3, -0.25) is 4.79 Å². The van der Waals surface area contributed by atoms with Crippen LogP contribution in [0, 0.1) is 0 Å². The zero-order valence-electron chi connectivity index (χ0n) is 10.1. The second-order valence-electron chi connectivity index (χ2n) is 4.10. The van der Waals surface area contributed by atoms with Crippen LogP contribution >= 0.6 is 0 Å². The van der Waals surface area contributed by atoms with Crippen molar-refractivity contribution in [3.05, 3.63) is 23.9 Å². The first-order chi connectivity index (χ1) is 8.20. The van der Waals surface area contributed by atoms with E-state index in [9.17, 15) is 4.79 Å². The smallest absolute Gasteiger partial charge is 0.270 e. The van der Waals surface area contributed by atoms with Gasteiger partial charge in [-0.1, -0.05) is 6.07 Å². The van der Waals surface area contributed by atoms with Crippen molar-refractivity contribution in [1.29, 1.82) is 0 Å². The first-order valence-corrected chi connectivity index (χ1v) is 5.78. The number of ether oxygens (including phenoxy) is 1. The number of anilines is 1. The fourth-order valence-electron chi connectivity index (χ4n) is 1.86. The van der Waals surface area contributed by atoms with Crippen molar-refractivity contribution < 1.29 is 9.53 Å². The largest absolute Gasteiger partial charge is 0.376 e. The maximum absolute atomic E-state index is 12.0. The molecule has 1 fully saturated rings. The summed E-state index contributed by atoms with van der Waals surface area (Å²) in [4.78, 5) is 16.2. The summed E-state index contributed by atoms with van der Waals surface area (Å²) in [6.45, 7) is 2.67. The van der Waals surface area contributed by atoms with Crippen LogP contribution < -0.4 is 10.6 Å². The van der Waals surface area contributed by atoms with Gasteiger partial charge in [0.2, 0.25) is 0 Å². The highest BCUT2D eigenvalue weighted by Crippen LogP contribution is 2.13. The minimum atomic E-state index is -0.149. The van der Waals surface area contributed by atoms with E-state index in [1.807, 2.05) is 19.1 Å². The number of nitrogens with zero attached hydrogens (tertiary/aromatic N) is 1. The molecule has 0 radical (unpaired) electrons. The molecule has 1 aromatic rings. The molecule has 2 atom stereocenters. The van der Waals surface area contributed by atoms with Gasteiger partial charge in [0.25, 0.3) is 5.91 Å². The molecule has 2 heterocycles. The van der Waals surface area contributed by atoms with Crippen LogP contribution in [0.5, 0.6) is 0 Å². The lowest BCUT2D eigenvalue weighted by molar-refractivity contribution is 0.0862. The van der Waals surface area contributed by atoms with Crippen LogP contribution in [0.2, 0.25) is 0 Å². The minimum Gasteiger partial charge on any atom is -0.376 e. The van der Waals surface area contributed by atoms with E-state index in [-0.39, 0.29) is 18.1 Å². The van der Waals surface area contributed by atoms with Gasteiger partial charge in [0.1, 0.15) is 11.5 Å². The third-order valence-corrected chi connectivity index (χ3v) is 2.93. The average molecular weight is 235 g/mol. The summed E-state index contributed by atoms with van der Waals surface area (Å²) in [7, 11) is 1.77. The minimum absolute atomic E-state index is 0.0754. The van der Waals surface area contributed by atoms with E-state index in [2.05, 4.69) is 15.6 Å². The van der Waals surface area contributed by atoms with Crippen LogP contribution in [-0.4, -0.2) is 36.7 Å². The van der Waals surface area contributed by atoms with E-state index in [1.165, 1.54) is 0 Å². The average Bonchev–Trinajstić information content (AvgIpc) is 2.75. The molecule has 92 valence electrons. The van der Waals surface area contributed by atoms with Gasteiger partial charge >= 0.3 is 0 Å². The first-order valence-electron chi connectivity index (χ1n) is 5.78. The quantitative estimate of drug-likeness (QED) is 0.821. The maximum Gasteiger partial charge on any atom is 0.270 e. The number of amides is 1. The van der Waals surface area contributed by atoms with Crippen molar-refractivity contribution in [1.82, 2.24) is 10.3 Å². The van der Waals surface area contributed by atoms with Crippen molar-refractivity contribution in [3.8, 4) is 0 Å². The Morgan fingerprint density at radius 2 is 2.35 bits per heavy atom. The summed E-state index contributed by atoms with van der Waals surface area (Å²) in [5.74, 6) is 0.540. The Bertz CT molecular complexity index is 408. The van der Waals surface area contributed by atoms with Crippen LogP contribution in [-0.2, 0) is 4.74 Å². The van der Waals surface area contributed by atoms with Crippen LogP contribution in [0.3, 0.4) is 0 Å². The number of carbonyl (C=O) groups excluding carboxylic acids is 1. The highest BCUT2D eigenvalue weighted by molar-refractivity contribution is 5.92. The van der Waals surface area contributed by atoms with Crippen molar-refractivity contribution in [2.75, 3.05) is 19.0 Å². The second-order valence-corrected chi connectivity index (χ2v) is 4.10. The monoisotopic (exact) mass is 235 g/mol. The Hall–Kier alpha value is -1.62. The van der Waals surface area contributed by atoms with E-state index in [0.717, 1.165) is 6.42 Å². The highest BCUT2D eigenvalue weighted by atomic mass is 16.5. The lowest BCUT2D eigenvalue weighted by atomic mass is 10.1. The number of pyridine rings is 1. The summed E-state index contributed by atoms with van der Waals surface area (Å²) in [6.07, 6.45) is 0.935. The van der Waals surface area contributed by atoms with Gasteiger partial charge in [-0.2, -0.15) is 0 Å². The molecule has 0 bridgehead atoms. The number of rotatable bonds is 3. The Morgan fingerprint density at radius 3 is 3.00 bits per heavy atom. The molecule has 2 unspecified atom stereocenters. The molecule has 2 rings (SSSR count). The molecular formula is C12H17N3O2. The molecular weight excluding hydrogens is 218 g/mol. The van der Waals surface area contributed by atoms with E-state index >= 15 is 0 Å². The molecule has 17 heavy (non-hydrogen) atoms. The van der Waals surface area contributed by atoms with Crippen LogP contribution in [0.15, 0.2) is 18.2 Å². The molecule has 1 amide bonds. The van der Waals surface area contributed by atoms with Gasteiger partial charge in [-0.25, -0.2) is 4.98 Å². The Balaban J connectivity index is 2.03. The Morgan fingerprint density at radius 1 is 1.53 bits per heavy atom. The highest BCUT2D eigenvalue weighted by Gasteiger charge is 2.26. The third-order valence-electron chi connectivity index (χ3n) is 2.93. The normalized spacial score (nSPS) is 23.4. The molecule has 5 heteroatoms. The Labute approximate surface area is 101 Å². The third kappa shape index (κ3) is 2.74.